The summed E-state index contributed by atoms with van der Waals surface area (Å²) in [6, 6.07) is 13.1. The van der Waals surface area contributed by atoms with Crippen LogP contribution >= 0.6 is 0 Å². The van der Waals surface area contributed by atoms with Gasteiger partial charge >= 0.3 is 5.97 Å². The average Bonchev–Trinajstić information content (AvgIpc) is 2.63. The zero-order chi connectivity index (χ0) is 18.6. The number of hydrogen-bond acceptors (Lipinski definition) is 4. The standard InChI is InChI=1S/C20H23NO4S/c1-15-11-13-17(14-12-15)26(23,24)21-19-10-6-5-9-18(19)20(22)25-16-7-3-2-4-8-16/h5-6,9-14,16,21H,2-4,7-8H2,1H3. The maximum atomic E-state index is 12.6. The van der Waals surface area contributed by atoms with Crippen LogP contribution in [0.2, 0.25) is 0 Å². The maximum Gasteiger partial charge on any atom is 0.340 e. The topological polar surface area (TPSA) is 72.5 Å². The summed E-state index contributed by atoms with van der Waals surface area (Å²) in [7, 11) is -3.78. The van der Waals surface area contributed by atoms with Gasteiger partial charge in [-0.3, -0.25) is 4.72 Å². The number of carbonyl (C=O) groups excluding carboxylic acids is 1. The second kappa shape index (κ2) is 7.91. The fourth-order valence-corrected chi connectivity index (χ4v) is 4.15. The van der Waals surface area contributed by atoms with Crippen LogP contribution in [0.25, 0.3) is 0 Å². The van der Waals surface area contributed by atoms with Crippen molar-refractivity contribution in [1.82, 2.24) is 0 Å². The third-order valence-electron chi connectivity index (χ3n) is 4.55. The molecule has 0 atom stereocenters. The smallest absolute Gasteiger partial charge is 0.340 e. The Balaban J connectivity index is 1.80. The second-order valence-electron chi connectivity index (χ2n) is 6.63. The minimum absolute atomic E-state index is 0.0852. The van der Waals surface area contributed by atoms with E-state index in [1.165, 1.54) is 6.42 Å². The number of sulfonamides is 1. The maximum absolute atomic E-state index is 12.6. The van der Waals surface area contributed by atoms with E-state index in [1.807, 2.05) is 6.92 Å². The molecule has 0 radical (unpaired) electrons. The molecule has 1 aliphatic rings. The first-order chi connectivity index (χ1) is 12.5. The van der Waals surface area contributed by atoms with E-state index in [2.05, 4.69) is 4.72 Å². The fourth-order valence-electron chi connectivity index (χ4n) is 3.07. The summed E-state index contributed by atoms with van der Waals surface area (Å²) < 4.78 is 33.3. The number of nitrogens with one attached hydrogen (secondary N) is 1. The highest BCUT2D eigenvalue weighted by Crippen LogP contribution is 2.25. The lowest BCUT2D eigenvalue weighted by atomic mass is 9.98. The van der Waals surface area contributed by atoms with Crippen molar-refractivity contribution in [2.45, 2.75) is 50.0 Å². The van der Waals surface area contributed by atoms with Gasteiger partial charge in [0.1, 0.15) is 6.10 Å². The number of anilines is 1. The van der Waals surface area contributed by atoms with Gasteiger partial charge in [-0.15, -0.1) is 0 Å². The molecule has 0 saturated heterocycles. The molecule has 6 heteroatoms. The second-order valence-corrected chi connectivity index (χ2v) is 8.31. The van der Waals surface area contributed by atoms with Crippen molar-refractivity contribution in [2.75, 3.05) is 4.72 Å². The predicted molar refractivity (Wildman–Crippen MR) is 101 cm³/mol. The van der Waals surface area contributed by atoms with Gasteiger partial charge in [0.15, 0.2) is 0 Å². The Morgan fingerprint density at radius 1 is 1.00 bits per heavy atom. The SMILES string of the molecule is Cc1ccc(S(=O)(=O)Nc2ccccc2C(=O)OC2CCCCC2)cc1. The van der Waals surface area contributed by atoms with Gasteiger partial charge in [0, 0.05) is 0 Å². The molecule has 1 aliphatic carbocycles. The minimum Gasteiger partial charge on any atom is -0.459 e. The van der Waals surface area contributed by atoms with E-state index in [9.17, 15) is 13.2 Å². The van der Waals surface area contributed by atoms with Crippen LogP contribution in [0.3, 0.4) is 0 Å². The normalized spacial score (nSPS) is 15.4. The molecule has 1 fully saturated rings. The summed E-state index contributed by atoms with van der Waals surface area (Å²) in [5.74, 6) is -0.487. The summed E-state index contributed by atoms with van der Waals surface area (Å²) in [5, 5.41) is 0. The van der Waals surface area contributed by atoms with Gasteiger partial charge in [-0.05, 0) is 56.9 Å². The molecule has 0 heterocycles. The van der Waals surface area contributed by atoms with Gasteiger partial charge in [-0.25, -0.2) is 13.2 Å². The number of carbonyl (C=O) groups is 1. The van der Waals surface area contributed by atoms with Crippen molar-refractivity contribution < 1.29 is 17.9 Å². The molecule has 5 nitrogen and oxygen atoms in total. The van der Waals surface area contributed by atoms with Gasteiger partial charge in [-0.1, -0.05) is 36.2 Å². The lowest BCUT2D eigenvalue weighted by Gasteiger charge is -2.22. The Hall–Kier alpha value is -2.34. The van der Waals surface area contributed by atoms with Crippen molar-refractivity contribution in [3.63, 3.8) is 0 Å². The fraction of sp³-hybridized carbons (Fsp3) is 0.350. The largest absolute Gasteiger partial charge is 0.459 e. The number of esters is 1. The molecule has 138 valence electrons. The van der Waals surface area contributed by atoms with E-state index in [0.29, 0.717) is 0 Å². The van der Waals surface area contributed by atoms with Crippen LogP contribution in [0.15, 0.2) is 53.4 Å². The quantitative estimate of drug-likeness (QED) is 0.794. The molecule has 0 aliphatic heterocycles. The van der Waals surface area contributed by atoms with Gasteiger partial charge in [0.2, 0.25) is 0 Å². The molecular weight excluding hydrogens is 350 g/mol. The zero-order valence-corrected chi connectivity index (χ0v) is 15.6. The summed E-state index contributed by atoms with van der Waals surface area (Å²) in [6.07, 6.45) is 4.92. The van der Waals surface area contributed by atoms with Crippen LogP contribution in [0.5, 0.6) is 0 Å². The van der Waals surface area contributed by atoms with E-state index in [1.54, 1.807) is 48.5 Å². The van der Waals surface area contributed by atoms with Gasteiger partial charge in [-0.2, -0.15) is 0 Å². The summed E-state index contributed by atoms with van der Waals surface area (Å²) in [5.41, 5.74) is 1.43. The third-order valence-corrected chi connectivity index (χ3v) is 5.93. The Morgan fingerprint density at radius 2 is 1.65 bits per heavy atom. The van der Waals surface area contributed by atoms with Crippen LogP contribution in [0.4, 0.5) is 5.69 Å². The predicted octanol–water partition coefficient (Wildman–Crippen LogP) is 4.29. The first-order valence-corrected chi connectivity index (χ1v) is 10.3. The lowest BCUT2D eigenvalue weighted by molar-refractivity contribution is 0.0212. The molecule has 0 spiro atoms. The number of ether oxygens (including phenoxy) is 1. The Morgan fingerprint density at radius 3 is 2.35 bits per heavy atom. The van der Waals surface area contributed by atoms with Crippen molar-refractivity contribution in [3.05, 3.63) is 59.7 Å². The summed E-state index contributed by atoms with van der Waals surface area (Å²) in [4.78, 5) is 12.7. The molecule has 0 aromatic heterocycles. The van der Waals surface area contributed by atoms with Gasteiger partial charge < -0.3 is 4.74 Å². The molecular formula is C20H23NO4S. The molecule has 0 bridgehead atoms. The van der Waals surface area contributed by atoms with Crippen molar-refractivity contribution in [3.8, 4) is 0 Å². The first kappa shape index (κ1) is 18.5. The highest BCUT2D eigenvalue weighted by atomic mass is 32.2. The molecule has 0 amide bonds. The molecule has 26 heavy (non-hydrogen) atoms. The lowest BCUT2D eigenvalue weighted by Crippen LogP contribution is -2.22. The van der Waals surface area contributed by atoms with Crippen LogP contribution in [0.1, 0.15) is 48.0 Å². The molecule has 1 N–H and O–H groups in total. The van der Waals surface area contributed by atoms with Crippen LogP contribution in [-0.2, 0) is 14.8 Å². The zero-order valence-electron chi connectivity index (χ0n) is 14.8. The Kier molecular flexibility index (Phi) is 5.61. The molecule has 3 rings (SSSR count). The number of aryl methyl sites for hydroxylation is 1. The average molecular weight is 373 g/mol. The van der Waals surface area contributed by atoms with E-state index < -0.39 is 16.0 Å². The van der Waals surface area contributed by atoms with E-state index in [-0.39, 0.29) is 22.3 Å². The number of benzene rings is 2. The van der Waals surface area contributed by atoms with Crippen LogP contribution in [-0.4, -0.2) is 20.5 Å². The molecule has 0 unspecified atom stereocenters. The number of hydrogen-bond donors (Lipinski definition) is 1. The van der Waals surface area contributed by atoms with Crippen LogP contribution < -0.4 is 4.72 Å². The molecule has 2 aromatic rings. The highest BCUT2D eigenvalue weighted by molar-refractivity contribution is 7.92. The number of para-hydroxylation sites is 1. The van der Waals surface area contributed by atoms with Crippen LogP contribution in [0, 0.1) is 6.92 Å². The monoisotopic (exact) mass is 373 g/mol. The minimum atomic E-state index is -3.78. The Labute approximate surface area is 154 Å². The van der Waals surface area contributed by atoms with Crippen molar-refractivity contribution in [2.24, 2.45) is 0 Å². The third kappa shape index (κ3) is 4.43. The summed E-state index contributed by atoms with van der Waals surface area (Å²) >= 11 is 0. The highest BCUT2D eigenvalue weighted by Gasteiger charge is 2.22. The first-order valence-electron chi connectivity index (χ1n) is 8.85. The van der Waals surface area contributed by atoms with E-state index in [0.717, 1.165) is 31.2 Å². The molecule has 2 aromatic carbocycles. The van der Waals surface area contributed by atoms with E-state index >= 15 is 0 Å². The summed E-state index contributed by atoms with van der Waals surface area (Å²) in [6.45, 7) is 1.89. The van der Waals surface area contributed by atoms with Gasteiger partial charge in [0.25, 0.3) is 10.0 Å². The van der Waals surface area contributed by atoms with Crippen molar-refractivity contribution >= 4 is 21.7 Å². The van der Waals surface area contributed by atoms with E-state index in [4.69, 9.17) is 4.74 Å². The Bertz CT molecular complexity index is 869. The number of rotatable bonds is 5. The van der Waals surface area contributed by atoms with Crippen molar-refractivity contribution in [1.29, 1.82) is 0 Å². The molecule has 1 saturated carbocycles. The van der Waals surface area contributed by atoms with Gasteiger partial charge in [0.05, 0.1) is 16.1 Å².